The zero-order valence-electron chi connectivity index (χ0n) is 18.3. The third-order valence-electron chi connectivity index (χ3n) is 5.11. The van der Waals surface area contributed by atoms with E-state index in [9.17, 15) is 10.1 Å². The van der Waals surface area contributed by atoms with Gasteiger partial charge >= 0.3 is 5.97 Å². The second kappa shape index (κ2) is 13.7. The molecule has 1 unspecified atom stereocenters. The van der Waals surface area contributed by atoms with Gasteiger partial charge in [0.2, 0.25) is 0 Å². The van der Waals surface area contributed by atoms with E-state index in [0.717, 1.165) is 47.9 Å². The standard InChI is InChI=1S/C26H30BrNO3/c1-3-5-9-20(4-2)19-31-26(29)24(18-28)25(21-10-7-6-8-11-21)22-12-14-23(15-13-22)30-17-16-27/h6-8,10-15,20H,3-5,9,16-17,19H2,1-2H3/b25-24+. The zero-order valence-corrected chi connectivity index (χ0v) is 19.9. The Labute approximate surface area is 194 Å². The van der Waals surface area contributed by atoms with E-state index in [-0.39, 0.29) is 5.57 Å². The Bertz CT molecular complexity index is 885. The molecule has 2 aromatic rings. The fourth-order valence-electron chi connectivity index (χ4n) is 3.30. The van der Waals surface area contributed by atoms with Crippen LogP contribution in [0.2, 0.25) is 0 Å². The van der Waals surface area contributed by atoms with Crippen LogP contribution in [-0.4, -0.2) is 24.5 Å². The van der Waals surface area contributed by atoms with Crippen LogP contribution < -0.4 is 4.74 Å². The smallest absolute Gasteiger partial charge is 0.349 e. The monoisotopic (exact) mass is 483 g/mol. The summed E-state index contributed by atoms with van der Waals surface area (Å²) < 4.78 is 11.2. The molecule has 0 saturated carbocycles. The molecule has 31 heavy (non-hydrogen) atoms. The number of esters is 1. The van der Waals surface area contributed by atoms with E-state index in [1.807, 2.05) is 54.6 Å². The van der Waals surface area contributed by atoms with E-state index in [1.165, 1.54) is 0 Å². The van der Waals surface area contributed by atoms with Crippen LogP contribution in [0, 0.1) is 17.2 Å². The molecule has 0 aliphatic rings. The molecule has 0 aliphatic heterocycles. The van der Waals surface area contributed by atoms with Gasteiger partial charge in [0, 0.05) is 10.9 Å². The van der Waals surface area contributed by atoms with Crippen LogP contribution >= 0.6 is 15.9 Å². The lowest BCUT2D eigenvalue weighted by Gasteiger charge is -2.16. The summed E-state index contributed by atoms with van der Waals surface area (Å²) >= 11 is 3.34. The van der Waals surface area contributed by atoms with Crippen LogP contribution in [0.3, 0.4) is 0 Å². The molecule has 0 aromatic heterocycles. The maximum atomic E-state index is 12.9. The van der Waals surface area contributed by atoms with Crippen molar-refractivity contribution in [2.45, 2.75) is 39.5 Å². The number of ether oxygens (including phenoxy) is 2. The number of rotatable bonds is 12. The number of alkyl halides is 1. The second-order valence-electron chi connectivity index (χ2n) is 7.30. The number of unbranched alkanes of at least 4 members (excludes halogenated alkanes) is 1. The van der Waals surface area contributed by atoms with Crippen LogP contribution in [0.4, 0.5) is 0 Å². The molecule has 0 aliphatic carbocycles. The SMILES string of the molecule is CCCCC(CC)COC(=O)/C(C#N)=C(\c1ccccc1)c1ccc(OCCBr)cc1. The minimum absolute atomic E-state index is 0.0191. The van der Waals surface area contributed by atoms with Gasteiger partial charge in [-0.15, -0.1) is 0 Å². The van der Waals surface area contributed by atoms with E-state index >= 15 is 0 Å². The number of benzene rings is 2. The first-order valence-corrected chi connectivity index (χ1v) is 11.9. The van der Waals surface area contributed by atoms with Crippen LogP contribution in [-0.2, 0) is 9.53 Å². The zero-order chi connectivity index (χ0) is 22.5. The summed E-state index contributed by atoms with van der Waals surface area (Å²) in [6.07, 6.45) is 4.19. The van der Waals surface area contributed by atoms with E-state index in [2.05, 4.69) is 35.8 Å². The maximum Gasteiger partial charge on any atom is 0.349 e. The highest BCUT2D eigenvalue weighted by atomic mass is 79.9. The van der Waals surface area contributed by atoms with Crippen molar-refractivity contribution in [2.24, 2.45) is 5.92 Å². The van der Waals surface area contributed by atoms with Crippen LogP contribution in [0.15, 0.2) is 60.2 Å². The number of hydrogen-bond acceptors (Lipinski definition) is 4. The van der Waals surface area contributed by atoms with Gasteiger partial charge in [0.15, 0.2) is 0 Å². The number of hydrogen-bond donors (Lipinski definition) is 0. The minimum atomic E-state index is -0.573. The quantitative estimate of drug-likeness (QED) is 0.148. The van der Waals surface area contributed by atoms with E-state index in [0.29, 0.717) is 24.7 Å². The molecule has 5 heteroatoms. The van der Waals surface area contributed by atoms with Crippen LogP contribution in [0.5, 0.6) is 5.75 Å². The van der Waals surface area contributed by atoms with Gasteiger partial charge in [-0.05, 0) is 35.6 Å². The summed E-state index contributed by atoms with van der Waals surface area (Å²) in [5, 5.41) is 10.6. The van der Waals surface area contributed by atoms with Gasteiger partial charge in [0.25, 0.3) is 0 Å². The van der Waals surface area contributed by atoms with Gasteiger partial charge in [-0.2, -0.15) is 5.26 Å². The maximum absolute atomic E-state index is 12.9. The third kappa shape index (κ3) is 7.56. The average molecular weight is 484 g/mol. The molecule has 0 spiro atoms. The largest absolute Gasteiger partial charge is 0.493 e. The first-order valence-electron chi connectivity index (χ1n) is 10.8. The molecule has 2 rings (SSSR count). The Balaban J connectivity index is 2.36. The summed E-state index contributed by atoms with van der Waals surface area (Å²) in [6.45, 7) is 5.15. The van der Waals surface area contributed by atoms with Crippen molar-refractivity contribution in [3.8, 4) is 11.8 Å². The molecule has 164 valence electrons. The highest BCUT2D eigenvalue weighted by Gasteiger charge is 2.21. The van der Waals surface area contributed by atoms with Crippen molar-refractivity contribution in [2.75, 3.05) is 18.5 Å². The number of nitrogens with zero attached hydrogens (tertiary/aromatic N) is 1. The van der Waals surface area contributed by atoms with Crippen molar-refractivity contribution in [1.82, 2.24) is 0 Å². The van der Waals surface area contributed by atoms with Crippen LogP contribution in [0.1, 0.15) is 50.7 Å². The molecular formula is C26H30BrNO3. The highest BCUT2D eigenvalue weighted by Crippen LogP contribution is 2.29. The van der Waals surface area contributed by atoms with Gasteiger partial charge in [-0.1, -0.05) is 91.5 Å². The fourth-order valence-corrected chi connectivity index (χ4v) is 3.46. The van der Waals surface area contributed by atoms with Crippen LogP contribution in [0.25, 0.3) is 5.57 Å². The van der Waals surface area contributed by atoms with E-state index in [4.69, 9.17) is 9.47 Å². The van der Waals surface area contributed by atoms with E-state index < -0.39 is 5.97 Å². The number of carbonyl (C=O) groups excluding carboxylic acids is 1. The predicted molar refractivity (Wildman–Crippen MR) is 128 cm³/mol. The van der Waals surface area contributed by atoms with E-state index in [1.54, 1.807) is 0 Å². The molecule has 0 bridgehead atoms. The first-order chi connectivity index (χ1) is 15.1. The topological polar surface area (TPSA) is 59.3 Å². The normalized spacial score (nSPS) is 12.5. The van der Waals surface area contributed by atoms with Gasteiger partial charge in [0.05, 0.1) is 13.2 Å². The van der Waals surface area contributed by atoms with Crippen molar-refractivity contribution in [3.05, 3.63) is 71.3 Å². The third-order valence-corrected chi connectivity index (χ3v) is 5.43. The summed E-state index contributed by atoms with van der Waals surface area (Å²) in [5.74, 6) is 0.476. The fraction of sp³-hybridized carbons (Fsp3) is 0.385. The van der Waals surface area contributed by atoms with Gasteiger partial charge in [0.1, 0.15) is 17.4 Å². The lowest BCUT2D eigenvalue weighted by atomic mass is 9.93. The summed E-state index contributed by atoms with van der Waals surface area (Å²) in [5.41, 5.74) is 2.15. The highest BCUT2D eigenvalue weighted by molar-refractivity contribution is 9.09. The molecule has 0 fully saturated rings. The minimum Gasteiger partial charge on any atom is -0.493 e. The predicted octanol–water partition coefficient (Wildman–Crippen LogP) is 6.55. The molecule has 0 N–H and O–H groups in total. The molecule has 0 saturated heterocycles. The molecule has 0 heterocycles. The number of halogens is 1. The summed E-state index contributed by atoms with van der Waals surface area (Å²) in [4.78, 5) is 12.9. The van der Waals surface area contributed by atoms with Crippen molar-refractivity contribution in [3.63, 3.8) is 0 Å². The molecule has 2 aromatic carbocycles. The summed E-state index contributed by atoms with van der Waals surface area (Å²) in [6, 6.07) is 19.0. The second-order valence-corrected chi connectivity index (χ2v) is 8.10. The average Bonchev–Trinajstić information content (AvgIpc) is 2.82. The molecular weight excluding hydrogens is 454 g/mol. The molecule has 1 atom stereocenters. The molecule has 0 radical (unpaired) electrons. The van der Waals surface area contributed by atoms with Crippen molar-refractivity contribution < 1.29 is 14.3 Å². The summed E-state index contributed by atoms with van der Waals surface area (Å²) in [7, 11) is 0. The Morgan fingerprint density at radius 2 is 1.74 bits per heavy atom. The van der Waals surface area contributed by atoms with Crippen molar-refractivity contribution in [1.29, 1.82) is 5.26 Å². The molecule has 0 amide bonds. The Morgan fingerprint density at radius 1 is 1.06 bits per heavy atom. The Hall–Kier alpha value is -2.58. The van der Waals surface area contributed by atoms with Crippen molar-refractivity contribution >= 4 is 27.5 Å². The molecule has 4 nitrogen and oxygen atoms in total. The van der Waals surface area contributed by atoms with Gasteiger partial charge in [-0.25, -0.2) is 4.79 Å². The lowest BCUT2D eigenvalue weighted by Crippen LogP contribution is -2.16. The first kappa shape index (κ1) is 24.7. The van der Waals surface area contributed by atoms with Gasteiger partial charge < -0.3 is 9.47 Å². The van der Waals surface area contributed by atoms with Gasteiger partial charge in [-0.3, -0.25) is 0 Å². The Kier molecular flexibility index (Phi) is 10.9. The number of carbonyl (C=O) groups is 1. The lowest BCUT2D eigenvalue weighted by molar-refractivity contribution is -0.139. The number of nitriles is 1. The Morgan fingerprint density at radius 3 is 2.32 bits per heavy atom.